The zero-order chi connectivity index (χ0) is 19.6. The summed E-state index contributed by atoms with van der Waals surface area (Å²) < 4.78 is 11.7. The molecule has 0 saturated carbocycles. The van der Waals surface area contributed by atoms with Crippen molar-refractivity contribution in [2.45, 2.75) is 25.4 Å². The number of nitrogens with two attached hydrogens (primary N) is 1. The zero-order valence-electron chi connectivity index (χ0n) is 16.0. The molecule has 1 aromatic carbocycles. The monoisotopic (exact) mass is 389 g/mol. The van der Waals surface area contributed by atoms with Crippen molar-refractivity contribution in [1.29, 1.82) is 0 Å². The summed E-state index contributed by atoms with van der Waals surface area (Å²) in [5.41, 5.74) is 9.90. The van der Waals surface area contributed by atoms with Gasteiger partial charge < -0.3 is 14.9 Å². The Morgan fingerprint density at radius 2 is 2.07 bits per heavy atom. The summed E-state index contributed by atoms with van der Waals surface area (Å²) in [7, 11) is 0. The Kier molecular flexibility index (Phi) is 4.75. The summed E-state index contributed by atoms with van der Waals surface area (Å²) >= 11 is 0. The minimum absolute atomic E-state index is 0.342. The van der Waals surface area contributed by atoms with Crippen molar-refractivity contribution in [3.8, 4) is 22.9 Å². The summed E-state index contributed by atoms with van der Waals surface area (Å²) in [5.74, 6) is 1.23. The first-order valence-corrected chi connectivity index (χ1v) is 9.86. The first-order chi connectivity index (χ1) is 14.2. The number of hydrogen-bond donors (Lipinski definition) is 2. The van der Waals surface area contributed by atoms with Gasteiger partial charge in [0, 0.05) is 53.6 Å². The van der Waals surface area contributed by atoms with Crippen LogP contribution < -0.4 is 10.5 Å². The number of furan rings is 1. The van der Waals surface area contributed by atoms with Crippen LogP contribution in [0.1, 0.15) is 18.4 Å². The number of piperidine rings is 1. The highest BCUT2D eigenvalue weighted by Gasteiger charge is 2.18. The molecule has 5 rings (SSSR count). The van der Waals surface area contributed by atoms with Gasteiger partial charge in [-0.3, -0.25) is 10.00 Å². The number of rotatable bonds is 5. The predicted molar refractivity (Wildman–Crippen MR) is 111 cm³/mol. The number of fused-ring (bicyclic) bond motifs is 1. The molecule has 4 heterocycles. The Hall–Kier alpha value is -3.16. The van der Waals surface area contributed by atoms with Crippen LogP contribution in [0.5, 0.6) is 11.6 Å². The van der Waals surface area contributed by atoms with E-state index in [-0.39, 0.29) is 0 Å². The number of benzene rings is 1. The molecule has 3 N–H and O–H groups in total. The second kappa shape index (κ2) is 7.69. The molecule has 148 valence electrons. The van der Waals surface area contributed by atoms with Crippen LogP contribution in [0.15, 0.2) is 59.5 Å². The molecular weight excluding hydrogens is 366 g/mol. The Balaban J connectivity index is 1.29. The van der Waals surface area contributed by atoms with E-state index in [1.807, 2.05) is 36.6 Å². The highest BCUT2D eigenvalue weighted by molar-refractivity contribution is 5.82. The topological polar surface area (TPSA) is 93.2 Å². The van der Waals surface area contributed by atoms with Gasteiger partial charge in [-0.05, 0) is 50.2 Å². The molecule has 7 heteroatoms. The number of pyridine rings is 1. The molecule has 4 aromatic rings. The van der Waals surface area contributed by atoms with Gasteiger partial charge >= 0.3 is 0 Å². The standard InChI is InChI=1S/C22H23N5O2/c23-17-6-9-27(10-7-17)13-16-14-28-21-11-18(2-3-19(16)21)29-22-4-1-15(12-24-22)20-5-8-25-26-20/h1-5,8,11-12,14,17H,6-7,9-10,13,23H2,(H,25,26). The molecule has 3 aromatic heterocycles. The van der Waals surface area contributed by atoms with E-state index >= 15 is 0 Å². The average Bonchev–Trinajstić information content (AvgIpc) is 3.41. The Morgan fingerprint density at radius 3 is 2.83 bits per heavy atom. The molecule has 1 aliphatic rings. The molecule has 0 atom stereocenters. The Morgan fingerprint density at radius 1 is 1.17 bits per heavy atom. The maximum absolute atomic E-state index is 6.01. The summed E-state index contributed by atoms with van der Waals surface area (Å²) in [6.45, 7) is 2.96. The largest absolute Gasteiger partial charge is 0.464 e. The lowest BCUT2D eigenvalue weighted by atomic mass is 10.1. The third-order valence-electron chi connectivity index (χ3n) is 5.42. The maximum atomic E-state index is 6.01. The first-order valence-electron chi connectivity index (χ1n) is 9.86. The molecule has 0 amide bonds. The lowest BCUT2D eigenvalue weighted by Gasteiger charge is -2.29. The van der Waals surface area contributed by atoms with Crippen LogP contribution in [0.4, 0.5) is 0 Å². The van der Waals surface area contributed by atoms with Crippen molar-refractivity contribution < 1.29 is 9.15 Å². The fraction of sp³-hybridized carbons (Fsp3) is 0.273. The van der Waals surface area contributed by atoms with Gasteiger partial charge in [-0.2, -0.15) is 5.10 Å². The second-order valence-corrected chi connectivity index (χ2v) is 7.49. The number of hydrogen-bond acceptors (Lipinski definition) is 6. The first kappa shape index (κ1) is 17.9. The van der Waals surface area contributed by atoms with Crippen LogP contribution in [0.2, 0.25) is 0 Å². The quantitative estimate of drug-likeness (QED) is 0.537. The van der Waals surface area contributed by atoms with Gasteiger partial charge in [-0.1, -0.05) is 0 Å². The average molecular weight is 389 g/mol. The van der Waals surface area contributed by atoms with Gasteiger partial charge in [-0.15, -0.1) is 0 Å². The fourth-order valence-corrected chi connectivity index (χ4v) is 3.74. The van der Waals surface area contributed by atoms with E-state index < -0.39 is 0 Å². The van der Waals surface area contributed by atoms with Crippen molar-refractivity contribution in [1.82, 2.24) is 20.1 Å². The van der Waals surface area contributed by atoms with Gasteiger partial charge in [-0.25, -0.2) is 4.98 Å². The van der Waals surface area contributed by atoms with Crippen molar-refractivity contribution >= 4 is 11.0 Å². The van der Waals surface area contributed by atoms with Gasteiger partial charge in [0.05, 0.1) is 12.0 Å². The van der Waals surface area contributed by atoms with Crippen LogP contribution in [-0.2, 0) is 6.54 Å². The number of ether oxygens (including phenoxy) is 1. The molecule has 1 saturated heterocycles. The van der Waals surface area contributed by atoms with Crippen LogP contribution in [0.3, 0.4) is 0 Å². The van der Waals surface area contributed by atoms with E-state index in [2.05, 4.69) is 26.1 Å². The van der Waals surface area contributed by atoms with Crippen molar-refractivity contribution in [2.75, 3.05) is 13.1 Å². The maximum Gasteiger partial charge on any atom is 0.219 e. The molecule has 1 fully saturated rings. The zero-order valence-corrected chi connectivity index (χ0v) is 16.0. The predicted octanol–water partition coefficient (Wildman–Crippen LogP) is 3.93. The molecule has 0 bridgehead atoms. The van der Waals surface area contributed by atoms with Crippen molar-refractivity contribution in [3.63, 3.8) is 0 Å². The van der Waals surface area contributed by atoms with Crippen LogP contribution in [0, 0.1) is 0 Å². The van der Waals surface area contributed by atoms with Crippen LogP contribution in [-0.4, -0.2) is 39.2 Å². The SMILES string of the molecule is NC1CCN(Cc2coc3cc(Oc4ccc(-c5ccn[nH]5)cn4)ccc23)CC1. The highest BCUT2D eigenvalue weighted by atomic mass is 16.5. The van der Waals surface area contributed by atoms with Gasteiger partial charge in [0.1, 0.15) is 11.3 Å². The number of likely N-dealkylation sites (tertiary alicyclic amines) is 1. The lowest BCUT2D eigenvalue weighted by Crippen LogP contribution is -2.39. The van der Waals surface area contributed by atoms with Crippen LogP contribution in [0.25, 0.3) is 22.2 Å². The van der Waals surface area contributed by atoms with E-state index in [1.165, 1.54) is 5.56 Å². The number of nitrogens with zero attached hydrogens (tertiary/aromatic N) is 3. The summed E-state index contributed by atoms with van der Waals surface area (Å²) in [4.78, 5) is 6.81. The molecule has 7 nitrogen and oxygen atoms in total. The number of aromatic amines is 1. The summed E-state index contributed by atoms with van der Waals surface area (Å²) in [5, 5.41) is 8.00. The minimum atomic E-state index is 0.342. The molecule has 0 spiro atoms. The van der Waals surface area contributed by atoms with Gasteiger partial charge in [0.25, 0.3) is 0 Å². The Labute approximate surface area is 168 Å². The van der Waals surface area contributed by atoms with E-state index in [0.29, 0.717) is 17.7 Å². The molecule has 29 heavy (non-hydrogen) atoms. The fourth-order valence-electron chi connectivity index (χ4n) is 3.74. The highest BCUT2D eigenvalue weighted by Crippen LogP contribution is 2.29. The van der Waals surface area contributed by atoms with Crippen molar-refractivity contribution in [3.05, 3.63) is 60.6 Å². The number of aromatic nitrogens is 3. The van der Waals surface area contributed by atoms with Gasteiger partial charge in [0.15, 0.2) is 0 Å². The Bertz CT molecular complexity index is 1080. The lowest BCUT2D eigenvalue weighted by molar-refractivity contribution is 0.206. The molecule has 0 radical (unpaired) electrons. The smallest absolute Gasteiger partial charge is 0.219 e. The van der Waals surface area contributed by atoms with E-state index in [1.54, 1.807) is 12.4 Å². The summed E-state index contributed by atoms with van der Waals surface area (Å²) in [6, 6.07) is 12.0. The minimum Gasteiger partial charge on any atom is -0.464 e. The second-order valence-electron chi connectivity index (χ2n) is 7.49. The molecular formula is C22H23N5O2. The third-order valence-corrected chi connectivity index (χ3v) is 5.42. The third kappa shape index (κ3) is 3.87. The van der Waals surface area contributed by atoms with E-state index in [4.69, 9.17) is 14.9 Å². The van der Waals surface area contributed by atoms with Crippen molar-refractivity contribution in [2.24, 2.45) is 5.73 Å². The molecule has 0 unspecified atom stereocenters. The molecule has 1 aliphatic heterocycles. The van der Waals surface area contributed by atoms with E-state index in [0.717, 1.165) is 54.7 Å². The van der Waals surface area contributed by atoms with E-state index in [9.17, 15) is 0 Å². The number of nitrogens with one attached hydrogen (secondary N) is 1. The normalized spacial score (nSPS) is 15.8. The molecule has 0 aliphatic carbocycles. The summed E-state index contributed by atoms with van der Waals surface area (Å²) in [6.07, 6.45) is 7.43. The number of H-pyrrole nitrogens is 1. The van der Waals surface area contributed by atoms with Gasteiger partial charge in [0.2, 0.25) is 5.88 Å². The van der Waals surface area contributed by atoms with Crippen LogP contribution >= 0.6 is 0 Å².